The number of aromatic nitrogens is 4. The third-order valence-electron chi connectivity index (χ3n) is 4.62. The molecule has 1 unspecified atom stereocenters. The van der Waals surface area contributed by atoms with Crippen LogP contribution < -0.4 is 5.32 Å². The van der Waals surface area contributed by atoms with Gasteiger partial charge in [0.05, 0.1) is 11.8 Å². The Kier molecular flexibility index (Phi) is 6.20. The summed E-state index contributed by atoms with van der Waals surface area (Å²) >= 11 is 1.36. The normalized spacial score (nSPS) is 11.8. The number of rotatable bonds is 7. The number of thioether (sulfide) groups is 1. The molecule has 150 valence electrons. The SMILES string of the molecule is CC(c1ccccc1)n1c(SCC(=O)Nc2ccccc2)nnc1-c1ccccn1. The Morgan fingerprint density at radius 3 is 2.37 bits per heavy atom. The van der Waals surface area contributed by atoms with Gasteiger partial charge in [-0.25, -0.2) is 0 Å². The summed E-state index contributed by atoms with van der Waals surface area (Å²) in [6.45, 7) is 2.10. The van der Waals surface area contributed by atoms with E-state index >= 15 is 0 Å². The van der Waals surface area contributed by atoms with Crippen molar-refractivity contribution < 1.29 is 4.79 Å². The molecule has 0 fully saturated rings. The fourth-order valence-corrected chi connectivity index (χ4v) is 3.94. The molecule has 1 amide bonds. The fraction of sp³-hybridized carbons (Fsp3) is 0.130. The molecule has 4 aromatic rings. The molecule has 2 aromatic heterocycles. The maximum absolute atomic E-state index is 12.4. The van der Waals surface area contributed by atoms with Gasteiger partial charge in [0.2, 0.25) is 5.91 Å². The summed E-state index contributed by atoms with van der Waals surface area (Å²) in [7, 11) is 0. The first-order valence-corrected chi connectivity index (χ1v) is 10.6. The molecule has 1 atom stereocenters. The lowest BCUT2D eigenvalue weighted by molar-refractivity contribution is -0.113. The molecular weight excluding hydrogens is 394 g/mol. The first-order chi connectivity index (χ1) is 14.7. The van der Waals surface area contributed by atoms with Crippen molar-refractivity contribution >= 4 is 23.4 Å². The molecule has 7 heteroatoms. The van der Waals surface area contributed by atoms with Crippen molar-refractivity contribution in [1.29, 1.82) is 0 Å². The Labute approximate surface area is 179 Å². The second-order valence-corrected chi connectivity index (χ2v) is 7.62. The minimum absolute atomic E-state index is 0.0158. The minimum Gasteiger partial charge on any atom is -0.325 e. The molecule has 0 saturated carbocycles. The predicted molar refractivity (Wildman–Crippen MR) is 119 cm³/mol. The monoisotopic (exact) mass is 415 g/mol. The lowest BCUT2D eigenvalue weighted by Crippen LogP contribution is -2.15. The average Bonchev–Trinajstić information content (AvgIpc) is 3.23. The number of anilines is 1. The Morgan fingerprint density at radius 1 is 0.967 bits per heavy atom. The highest BCUT2D eigenvalue weighted by Crippen LogP contribution is 2.30. The van der Waals surface area contributed by atoms with Gasteiger partial charge >= 0.3 is 0 Å². The van der Waals surface area contributed by atoms with E-state index in [1.54, 1.807) is 6.20 Å². The summed E-state index contributed by atoms with van der Waals surface area (Å²) in [4.78, 5) is 16.9. The average molecular weight is 416 g/mol. The van der Waals surface area contributed by atoms with Gasteiger partial charge in [-0.1, -0.05) is 66.4 Å². The van der Waals surface area contributed by atoms with E-state index in [9.17, 15) is 4.79 Å². The number of nitrogens with zero attached hydrogens (tertiary/aromatic N) is 4. The Morgan fingerprint density at radius 2 is 1.67 bits per heavy atom. The van der Waals surface area contributed by atoms with Crippen molar-refractivity contribution in [1.82, 2.24) is 19.7 Å². The zero-order valence-corrected chi connectivity index (χ0v) is 17.3. The topological polar surface area (TPSA) is 72.7 Å². The maximum Gasteiger partial charge on any atom is 0.234 e. The number of carbonyl (C=O) groups excluding carboxylic acids is 1. The van der Waals surface area contributed by atoms with Gasteiger partial charge in [0.1, 0.15) is 5.69 Å². The predicted octanol–water partition coefficient (Wildman–Crippen LogP) is 4.68. The zero-order valence-electron chi connectivity index (χ0n) is 16.5. The van der Waals surface area contributed by atoms with Crippen LogP contribution in [0.3, 0.4) is 0 Å². The van der Waals surface area contributed by atoms with Crippen LogP contribution in [-0.4, -0.2) is 31.4 Å². The van der Waals surface area contributed by atoms with Crippen molar-refractivity contribution in [3.63, 3.8) is 0 Å². The second-order valence-electron chi connectivity index (χ2n) is 6.68. The highest BCUT2D eigenvalue weighted by molar-refractivity contribution is 7.99. The van der Waals surface area contributed by atoms with Crippen LogP contribution in [-0.2, 0) is 4.79 Å². The van der Waals surface area contributed by atoms with Gasteiger partial charge in [0.15, 0.2) is 11.0 Å². The summed E-state index contributed by atoms with van der Waals surface area (Å²) in [5, 5.41) is 12.3. The summed E-state index contributed by atoms with van der Waals surface area (Å²) in [6, 6.07) is 25.3. The number of hydrogen-bond donors (Lipinski definition) is 1. The molecule has 0 radical (unpaired) electrons. The number of benzene rings is 2. The van der Waals surface area contributed by atoms with E-state index in [0.717, 1.165) is 16.9 Å². The first-order valence-electron chi connectivity index (χ1n) is 9.61. The number of carbonyl (C=O) groups is 1. The third kappa shape index (κ3) is 4.58. The molecule has 0 aliphatic rings. The molecule has 0 bridgehead atoms. The van der Waals surface area contributed by atoms with Gasteiger partial charge in [0.25, 0.3) is 0 Å². The van der Waals surface area contributed by atoms with E-state index in [2.05, 4.69) is 39.6 Å². The molecule has 30 heavy (non-hydrogen) atoms. The summed E-state index contributed by atoms with van der Waals surface area (Å²) < 4.78 is 2.04. The Bertz CT molecular complexity index is 1100. The summed E-state index contributed by atoms with van der Waals surface area (Å²) in [6.07, 6.45) is 1.74. The zero-order chi connectivity index (χ0) is 20.8. The maximum atomic E-state index is 12.4. The molecule has 2 aromatic carbocycles. The van der Waals surface area contributed by atoms with Crippen LogP contribution in [0.1, 0.15) is 18.5 Å². The summed E-state index contributed by atoms with van der Waals surface area (Å²) in [5.41, 5.74) is 2.65. The number of nitrogens with one attached hydrogen (secondary N) is 1. The second kappa shape index (κ2) is 9.37. The molecule has 0 aliphatic carbocycles. The van der Waals surface area contributed by atoms with Crippen molar-refractivity contribution in [3.05, 3.63) is 90.6 Å². The van der Waals surface area contributed by atoms with Crippen LogP contribution in [0.5, 0.6) is 0 Å². The van der Waals surface area contributed by atoms with E-state index < -0.39 is 0 Å². The highest BCUT2D eigenvalue weighted by atomic mass is 32.2. The van der Waals surface area contributed by atoms with Crippen LogP contribution in [0.15, 0.2) is 90.2 Å². The molecule has 0 spiro atoms. The first kappa shape index (κ1) is 19.8. The van der Waals surface area contributed by atoms with E-state index in [1.165, 1.54) is 11.8 Å². The van der Waals surface area contributed by atoms with Gasteiger partial charge in [-0.15, -0.1) is 10.2 Å². The van der Waals surface area contributed by atoms with Crippen LogP contribution in [0.4, 0.5) is 5.69 Å². The number of amides is 1. The van der Waals surface area contributed by atoms with Gasteiger partial charge in [-0.05, 0) is 36.8 Å². The molecular formula is C23H21N5OS. The van der Waals surface area contributed by atoms with Gasteiger partial charge in [-0.2, -0.15) is 0 Å². The van der Waals surface area contributed by atoms with Gasteiger partial charge in [0, 0.05) is 11.9 Å². The van der Waals surface area contributed by atoms with Crippen molar-refractivity contribution in [2.45, 2.75) is 18.1 Å². The van der Waals surface area contributed by atoms with E-state index in [0.29, 0.717) is 11.0 Å². The quantitative estimate of drug-likeness (QED) is 0.444. The minimum atomic E-state index is -0.0903. The van der Waals surface area contributed by atoms with Crippen molar-refractivity contribution in [2.24, 2.45) is 0 Å². The van der Waals surface area contributed by atoms with Crippen LogP contribution in [0.2, 0.25) is 0 Å². The third-order valence-corrected chi connectivity index (χ3v) is 5.56. The van der Waals surface area contributed by atoms with Crippen molar-refractivity contribution in [2.75, 3.05) is 11.1 Å². The number of hydrogen-bond acceptors (Lipinski definition) is 5. The molecule has 0 aliphatic heterocycles. The smallest absolute Gasteiger partial charge is 0.234 e. The lowest BCUT2D eigenvalue weighted by atomic mass is 10.1. The van der Waals surface area contributed by atoms with E-state index in [4.69, 9.17) is 0 Å². The standard InChI is InChI=1S/C23H21N5OS/c1-17(18-10-4-2-5-11-18)28-22(20-14-8-9-15-24-20)26-27-23(28)30-16-21(29)25-19-12-6-3-7-13-19/h2-15,17H,16H2,1H3,(H,25,29). The largest absolute Gasteiger partial charge is 0.325 e. The van der Waals surface area contributed by atoms with Crippen molar-refractivity contribution in [3.8, 4) is 11.5 Å². The number of para-hydroxylation sites is 1. The lowest BCUT2D eigenvalue weighted by Gasteiger charge is -2.18. The van der Waals surface area contributed by atoms with Crippen LogP contribution in [0, 0.1) is 0 Å². The number of pyridine rings is 1. The molecule has 0 saturated heterocycles. The van der Waals surface area contributed by atoms with Crippen LogP contribution >= 0.6 is 11.8 Å². The fourth-order valence-electron chi connectivity index (χ4n) is 3.12. The van der Waals surface area contributed by atoms with Gasteiger partial charge in [-0.3, -0.25) is 14.3 Å². The molecule has 2 heterocycles. The van der Waals surface area contributed by atoms with E-state index in [-0.39, 0.29) is 17.7 Å². The molecule has 4 rings (SSSR count). The highest BCUT2D eigenvalue weighted by Gasteiger charge is 2.21. The van der Waals surface area contributed by atoms with Gasteiger partial charge < -0.3 is 5.32 Å². The summed E-state index contributed by atoms with van der Waals surface area (Å²) in [5.74, 6) is 0.821. The Hall–Kier alpha value is -3.45. The van der Waals surface area contributed by atoms with Crippen LogP contribution in [0.25, 0.3) is 11.5 Å². The van der Waals surface area contributed by atoms with E-state index in [1.807, 2.05) is 71.3 Å². The molecule has 6 nitrogen and oxygen atoms in total. The Balaban J connectivity index is 1.59. The molecule has 1 N–H and O–H groups in total.